The van der Waals surface area contributed by atoms with Gasteiger partial charge >= 0.3 is 0 Å². The minimum Gasteiger partial charge on any atom is -0.328 e. The molecule has 1 aliphatic heterocycles. The Balaban J connectivity index is 2.29. The molecule has 0 saturated heterocycles. The molecule has 1 aromatic rings. The van der Waals surface area contributed by atoms with Crippen LogP contribution in [-0.4, -0.2) is 18.5 Å². The van der Waals surface area contributed by atoms with E-state index in [1.165, 1.54) is 11.1 Å². The summed E-state index contributed by atoms with van der Waals surface area (Å²) in [5.74, 6) is 0.130. The predicted molar refractivity (Wildman–Crippen MR) is 70.1 cm³/mol. The van der Waals surface area contributed by atoms with Gasteiger partial charge in [-0.3, -0.25) is 4.79 Å². The van der Waals surface area contributed by atoms with Crippen LogP contribution in [0, 0.1) is 0 Å². The molecule has 0 aromatic heterocycles. The van der Waals surface area contributed by atoms with Crippen LogP contribution in [0.2, 0.25) is 0 Å². The lowest BCUT2D eigenvalue weighted by atomic mass is 9.97. The summed E-state index contributed by atoms with van der Waals surface area (Å²) in [6.07, 6.45) is 3.01. The van der Waals surface area contributed by atoms with Crippen molar-refractivity contribution in [3.05, 3.63) is 29.3 Å². The lowest BCUT2D eigenvalue weighted by molar-refractivity contribution is -0.116. The lowest BCUT2D eigenvalue weighted by Crippen LogP contribution is -2.33. The fraction of sp³-hybridized carbons (Fsp3) is 0.500. The molecule has 1 aromatic carbocycles. The number of hydrogen-bond acceptors (Lipinski definition) is 2. The number of carbonyl (C=O) groups is 1. The summed E-state index contributed by atoms with van der Waals surface area (Å²) in [5, 5.41) is 0. The largest absolute Gasteiger partial charge is 0.328 e. The zero-order valence-corrected chi connectivity index (χ0v) is 10.6. The molecule has 3 nitrogen and oxygen atoms in total. The highest BCUT2D eigenvalue weighted by atomic mass is 16.2. The highest BCUT2D eigenvalue weighted by molar-refractivity contribution is 5.92. The van der Waals surface area contributed by atoms with Crippen molar-refractivity contribution in [2.24, 2.45) is 5.73 Å². The van der Waals surface area contributed by atoms with Crippen molar-refractivity contribution < 1.29 is 4.79 Å². The van der Waals surface area contributed by atoms with E-state index >= 15 is 0 Å². The smallest absolute Gasteiger partial charge is 0.223 e. The number of carbonyl (C=O) groups excluding carboxylic acids is 1. The number of rotatable bonds is 2. The summed E-state index contributed by atoms with van der Waals surface area (Å²) in [4.78, 5) is 13.4. The average Bonchev–Trinajstić information content (AvgIpc) is 2.26. The van der Waals surface area contributed by atoms with Crippen LogP contribution in [0.25, 0.3) is 0 Å². The highest BCUT2D eigenvalue weighted by Crippen LogP contribution is 2.28. The fourth-order valence-corrected chi connectivity index (χ4v) is 2.48. The molecule has 92 valence electrons. The van der Waals surface area contributed by atoms with Crippen LogP contribution in [0.4, 0.5) is 5.69 Å². The number of nitrogens with zero attached hydrogens (tertiary/aromatic N) is 1. The zero-order valence-electron chi connectivity index (χ0n) is 10.6. The summed E-state index contributed by atoms with van der Waals surface area (Å²) in [6.45, 7) is 4.49. The number of hydrogen-bond donors (Lipinski definition) is 1. The van der Waals surface area contributed by atoms with Gasteiger partial charge in [-0.2, -0.15) is 0 Å². The Bertz CT molecular complexity index is 426. The van der Waals surface area contributed by atoms with E-state index in [1.54, 1.807) is 6.92 Å². The Morgan fingerprint density at radius 2 is 2.29 bits per heavy atom. The Hall–Kier alpha value is -1.35. The molecule has 17 heavy (non-hydrogen) atoms. The minimum absolute atomic E-state index is 0.130. The van der Waals surface area contributed by atoms with Crippen LogP contribution >= 0.6 is 0 Å². The third-order valence-corrected chi connectivity index (χ3v) is 3.20. The first-order valence-electron chi connectivity index (χ1n) is 6.23. The zero-order chi connectivity index (χ0) is 12.4. The van der Waals surface area contributed by atoms with Gasteiger partial charge in [0.05, 0.1) is 0 Å². The van der Waals surface area contributed by atoms with Crippen molar-refractivity contribution in [3.8, 4) is 0 Å². The predicted octanol–water partition coefficient (Wildman–Crippen LogP) is 1.88. The average molecular weight is 232 g/mol. The molecular weight excluding hydrogens is 212 g/mol. The van der Waals surface area contributed by atoms with Crippen molar-refractivity contribution >= 4 is 11.6 Å². The SMILES string of the molecule is CC(=O)N1CCCc2cc(CC(C)N)ccc21. The van der Waals surface area contributed by atoms with Gasteiger partial charge in [0.2, 0.25) is 5.91 Å². The second-order valence-electron chi connectivity index (χ2n) is 4.92. The monoisotopic (exact) mass is 232 g/mol. The first-order valence-corrected chi connectivity index (χ1v) is 6.23. The van der Waals surface area contributed by atoms with Gasteiger partial charge in [0, 0.05) is 25.2 Å². The first kappa shape index (κ1) is 12.1. The van der Waals surface area contributed by atoms with Crippen LogP contribution in [0.3, 0.4) is 0 Å². The molecule has 1 amide bonds. The Kier molecular flexibility index (Phi) is 3.48. The molecule has 1 atom stereocenters. The summed E-state index contributed by atoms with van der Waals surface area (Å²) >= 11 is 0. The summed E-state index contributed by atoms with van der Waals surface area (Å²) in [5.41, 5.74) is 9.44. The van der Waals surface area contributed by atoms with Crippen LogP contribution < -0.4 is 10.6 Å². The number of fused-ring (bicyclic) bond motifs is 1. The third kappa shape index (κ3) is 2.67. The molecule has 0 radical (unpaired) electrons. The first-order chi connectivity index (χ1) is 8.08. The number of anilines is 1. The Labute approximate surface area is 103 Å². The Morgan fingerprint density at radius 1 is 1.53 bits per heavy atom. The maximum absolute atomic E-state index is 11.5. The van der Waals surface area contributed by atoms with Crippen molar-refractivity contribution in [1.29, 1.82) is 0 Å². The van der Waals surface area contributed by atoms with Gasteiger partial charge in [0.15, 0.2) is 0 Å². The maximum Gasteiger partial charge on any atom is 0.223 e. The number of benzene rings is 1. The lowest BCUT2D eigenvalue weighted by Gasteiger charge is -2.29. The minimum atomic E-state index is 0.130. The molecule has 2 N–H and O–H groups in total. The second kappa shape index (κ2) is 4.88. The van der Waals surface area contributed by atoms with Crippen LogP contribution in [0.1, 0.15) is 31.4 Å². The molecule has 1 aliphatic rings. The number of amides is 1. The maximum atomic E-state index is 11.5. The van der Waals surface area contributed by atoms with Crippen molar-refractivity contribution in [2.75, 3.05) is 11.4 Å². The molecule has 1 heterocycles. The molecule has 0 bridgehead atoms. The quantitative estimate of drug-likeness (QED) is 0.846. The normalized spacial score (nSPS) is 16.5. The number of nitrogens with two attached hydrogens (primary N) is 1. The van der Waals surface area contributed by atoms with E-state index in [4.69, 9.17) is 5.73 Å². The molecule has 2 rings (SSSR count). The fourth-order valence-electron chi connectivity index (χ4n) is 2.48. The van der Waals surface area contributed by atoms with Crippen LogP contribution in [0.15, 0.2) is 18.2 Å². The van der Waals surface area contributed by atoms with Crippen molar-refractivity contribution in [1.82, 2.24) is 0 Å². The van der Waals surface area contributed by atoms with E-state index in [0.717, 1.165) is 31.5 Å². The van der Waals surface area contributed by atoms with Crippen molar-refractivity contribution in [3.63, 3.8) is 0 Å². The van der Waals surface area contributed by atoms with E-state index in [1.807, 2.05) is 11.8 Å². The van der Waals surface area contributed by atoms with Gasteiger partial charge in [-0.1, -0.05) is 12.1 Å². The van der Waals surface area contributed by atoms with E-state index in [0.29, 0.717) is 0 Å². The summed E-state index contributed by atoms with van der Waals surface area (Å²) in [7, 11) is 0. The topological polar surface area (TPSA) is 46.3 Å². The van der Waals surface area contributed by atoms with E-state index in [2.05, 4.69) is 18.2 Å². The summed E-state index contributed by atoms with van der Waals surface area (Å²) < 4.78 is 0. The van der Waals surface area contributed by atoms with Crippen LogP contribution in [-0.2, 0) is 17.6 Å². The van der Waals surface area contributed by atoms with Crippen molar-refractivity contribution in [2.45, 2.75) is 39.2 Å². The van der Waals surface area contributed by atoms with E-state index in [-0.39, 0.29) is 11.9 Å². The molecule has 0 fully saturated rings. The number of aryl methyl sites for hydroxylation is 1. The van der Waals surface area contributed by atoms with Gasteiger partial charge in [-0.25, -0.2) is 0 Å². The molecule has 0 spiro atoms. The second-order valence-corrected chi connectivity index (χ2v) is 4.92. The van der Waals surface area contributed by atoms with E-state index in [9.17, 15) is 4.79 Å². The van der Waals surface area contributed by atoms with E-state index < -0.39 is 0 Å². The van der Waals surface area contributed by atoms with Gasteiger partial charge < -0.3 is 10.6 Å². The highest BCUT2D eigenvalue weighted by Gasteiger charge is 2.19. The summed E-state index contributed by atoms with van der Waals surface area (Å²) in [6, 6.07) is 6.53. The third-order valence-electron chi connectivity index (χ3n) is 3.20. The molecule has 0 aliphatic carbocycles. The van der Waals surface area contributed by atoms with Gasteiger partial charge in [-0.05, 0) is 43.4 Å². The molecule has 3 heteroatoms. The standard InChI is InChI=1S/C14H20N2O/c1-10(15)8-12-5-6-14-13(9-12)4-3-7-16(14)11(2)17/h5-6,9-10H,3-4,7-8,15H2,1-2H3. The van der Waals surface area contributed by atoms with Gasteiger partial charge in [0.25, 0.3) is 0 Å². The van der Waals surface area contributed by atoms with Gasteiger partial charge in [-0.15, -0.1) is 0 Å². The molecular formula is C14H20N2O. The molecule has 1 unspecified atom stereocenters. The Morgan fingerprint density at radius 3 is 2.94 bits per heavy atom. The van der Waals surface area contributed by atoms with Gasteiger partial charge in [0.1, 0.15) is 0 Å². The molecule has 0 saturated carbocycles. The van der Waals surface area contributed by atoms with Crippen LogP contribution in [0.5, 0.6) is 0 Å².